The summed E-state index contributed by atoms with van der Waals surface area (Å²) in [5.41, 5.74) is 0. The Morgan fingerprint density at radius 3 is 2.50 bits per heavy atom. The number of aliphatic hydroxyl groups is 2. The quantitative estimate of drug-likeness (QED) is 0.247. The summed E-state index contributed by atoms with van der Waals surface area (Å²) in [5.74, 6) is 0. The summed E-state index contributed by atoms with van der Waals surface area (Å²) in [6, 6.07) is 0. The maximum absolute atomic E-state index is 11.7. The van der Waals surface area contributed by atoms with Crippen LogP contribution in [0.2, 0.25) is 0 Å². The first kappa shape index (κ1) is 19.5. The predicted octanol–water partition coefficient (Wildman–Crippen LogP) is 1.78. The van der Waals surface area contributed by atoms with E-state index in [0.717, 1.165) is 12.8 Å². The molecule has 2 atom stereocenters. The van der Waals surface area contributed by atoms with Crippen molar-refractivity contribution in [2.24, 2.45) is 5.16 Å². The second kappa shape index (κ2) is 11.2. The molecule has 0 unspecified atom stereocenters. The lowest BCUT2D eigenvalue weighted by atomic mass is 10.1. The average Bonchev–Trinajstić information content (AvgIpc) is 2.44. The molecule has 0 radical (unpaired) electrons. The van der Waals surface area contributed by atoms with E-state index >= 15 is 0 Å². The van der Waals surface area contributed by atoms with Crippen molar-refractivity contribution in [3.05, 3.63) is 0 Å². The summed E-state index contributed by atoms with van der Waals surface area (Å²) in [6.45, 7) is 2.55. The molecule has 0 aliphatic rings. The van der Waals surface area contributed by atoms with Gasteiger partial charge >= 0.3 is 7.60 Å². The zero-order valence-corrected chi connectivity index (χ0v) is 13.3. The van der Waals surface area contributed by atoms with Gasteiger partial charge in [-0.2, -0.15) is 0 Å². The fourth-order valence-corrected chi connectivity index (χ4v) is 2.53. The molecule has 0 heterocycles. The number of nitrogens with zero attached hydrogens (tertiary/aromatic N) is 1. The number of oxime groups is 1. The normalized spacial score (nSPS) is 15.4. The molecule has 8 heteroatoms. The van der Waals surface area contributed by atoms with Gasteiger partial charge in [0.2, 0.25) is 0 Å². The van der Waals surface area contributed by atoms with Crippen LogP contribution in [0.25, 0.3) is 0 Å². The first-order chi connectivity index (χ1) is 9.47. The van der Waals surface area contributed by atoms with E-state index < -0.39 is 19.8 Å². The van der Waals surface area contributed by atoms with E-state index in [1.54, 1.807) is 0 Å². The van der Waals surface area contributed by atoms with E-state index in [1.807, 2.05) is 6.92 Å². The van der Waals surface area contributed by atoms with Crippen LogP contribution in [0.3, 0.4) is 0 Å². The molecule has 0 aliphatic carbocycles. The van der Waals surface area contributed by atoms with Crippen LogP contribution in [0.5, 0.6) is 0 Å². The molecule has 0 spiro atoms. The van der Waals surface area contributed by atoms with Crippen molar-refractivity contribution in [2.45, 2.75) is 44.8 Å². The van der Waals surface area contributed by atoms with Crippen LogP contribution in [0.4, 0.5) is 0 Å². The molecule has 0 aromatic carbocycles. The van der Waals surface area contributed by atoms with Gasteiger partial charge in [-0.15, -0.1) is 0 Å². The highest BCUT2D eigenvalue weighted by Crippen LogP contribution is 2.47. The van der Waals surface area contributed by atoms with Gasteiger partial charge in [0.15, 0.2) is 0 Å². The fraction of sp³-hybridized carbons (Fsp3) is 0.917. The Morgan fingerprint density at radius 1 is 1.30 bits per heavy atom. The van der Waals surface area contributed by atoms with E-state index in [-0.39, 0.29) is 19.0 Å². The maximum Gasteiger partial charge on any atom is 0.330 e. The molecule has 0 rings (SSSR count). The summed E-state index contributed by atoms with van der Waals surface area (Å²) < 4.78 is 21.3. The zero-order chi connectivity index (χ0) is 15.4. The van der Waals surface area contributed by atoms with Crippen LogP contribution in [0.1, 0.15) is 32.6 Å². The lowest BCUT2D eigenvalue weighted by Crippen LogP contribution is -2.20. The molecule has 2 N–H and O–H groups in total. The standard InChI is InChI=1S/C12H26NO6P/c1-4-5-7-19-13-10-12(15)9-11(14)6-8-20(16,17-2)18-3/h10-12,14-15H,4-9H2,1-3H3/b13-10+/t11-,12-/m1/s1. The highest BCUT2D eigenvalue weighted by Gasteiger charge is 2.23. The molecule has 0 aliphatic heterocycles. The van der Waals surface area contributed by atoms with Crippen molar-refractivity contribution in [3.8, 4) is 0 Å². The number of hydrogen-bond donors (Lipinski definition) is 2. The topological polar surface area (TPSA) is 97.6 Å². The van der Waals surface area contributed by atoms with Crippen molar-refractivity contribution in [2.75, 3.05) is 27.0 Å². The molecule has 120 valence electrons. The molecule has 0 saturated heterocycles. The Balaban J connectivity index is 3.90. The van der Waals surface area contributed by atoms with Gasteiger partial charge in [0.1, 0.15) is 6.61 Å². The largest absolute Gasteiger partial charge is 0.396 e. The van der Waals surface area contributed by atoms with E-state index in [0.29, 0.717) is 6.61 Å². The molecule has 0 aromatic heterocycles. The molecule has 7 nitrogen and oxygen atoms in total. The van der Waals surface area contributed by atoms with Crippen molar-refractivity contribution >= 4 is 13.8 Å². The Kier molecular flexibility index (Phi) is 11.0. The minimum absolute atomic E-state index is 0.0913. The molecular formula is C12H26NO6P. The van der Waals surface area contributed by atoms with Gasteiger partial charge in [-0.1, -0.05) is 18.5 Å². The number of unbranched alkanes of at least 4 members (excludes halogenated alkanes) is 1. The summed E-state index contributed by atoms with van der Waals surface area (Å²) >= 11 is 0. The van der Waals surface area contributed by atoms with Gasteiger partial charge in [0.25, 0.3) is 0 Å². The second-order valence-electron chi connectivity index (χ2n) is 4.39. The van der Waals surface area contributed by atoms with Crippen LogP contribution >= 0.6 is 7.60 Å². The fourth-order valence-electron chi connectivity index (χ4n) is 1.40. The summed E-state index contributed by atoms with van der Waals surface area (Å²) in [4.78, 5) is 4.92. The van der Waals surface area contributed by atoms with Crippen molar-refractivity contribution in [1.29, 1.82) is 0 Å². The van der Waals surface area contributed by atoms with Crippen molar-refractivity contribution in [3.63, 3.8) is 0 Å². The Labute approximate surface area is 120 Å². The monoisotopic (exact) mass is 311 g/mol. The Morgan fingerprint density at radius 2 is 1.95 bits per heavy atom. The highest BCUT2D eigenvalue weighted by molar-refractivity contribution is 7.53. The van der Waals surface area contributed by atoms with Gasteiger partial charge in [-0.3, -0.25) is 4.57 Å². The molecule has 0 saturated carbocycles. The number of rotatable bonds is 12. The van der Waals surface area contributed by atoms with Crippen LogP contribution in [-0.2, 0) is 18.5 Å². The van der Waals surface area contributed by atoms with E-state index in [1.165, 1.54) is 20.4 Å². The Hall–Kier alpha value is -0.460. The SMILES string of the molecule is CCCCO/N=C/[C@H](O)C[C@H](O)CCP(=O)(OC)OC. The van der Waals surface area contributed by atoms with Gasteiger partial charge in [-0.05, 0) is 12.8 Å². The smallest absolute Gasteiger partial charge is 0.330 e. The lowest BCUT2D eigenvalue weighted by Gasteiger charge is -2.16. The molecular weight excluding hydrogens is 285 g/mol. The minimum Gasteiger partial charge on any atom is -0.396 e. The summed E-state index contributed by atoms with van der Waals surface area (Å²) in [6.07, 6.45) is 1.83. The van der Waals surface area contributed by atoms with Crippen LogP contribution in [0, 0.1) is 0 Å². The zero-order valence-electron chi connectivity index (χ0n) is 12.4. The van der Waals surface area contributed by atoms with E-state index in [4.69, 9.17) is 13.9 Å². The van der Waals surface area contributed by atoms with Crippen molar-refractivity contribution in [1.82, 2.24) is 0 Å². The maximum atomic E-state index is 11.7. The Bertz CT molecular complexity index is 304. The average molecular weight is 311 g/mol. The molecule has 0 aromatic rings. The van der Waals surface area contributed by atoms with Crippen LogP contribution < -0.4 is 0 Å². The molecule has 0 amide bonds. The second-order valence-corrected chi connectivity index (χ2v) is 6.79. The first-order valence-electron chi connectivity index (χ1n) is 6.69. The third-order valence-corrected chi connectivity index (χ3v) is 4.62. The van der Waals surface area contributed by atoms with Gasteiger partial charge in [0, 0.05) is 20.6 Å². The first-order valence-corrected chi connectivity index (χ1v) is 8.42. The summed E-state index contributed by atoms with van der Waals surface area (Å²) in [5, 5.41) is 22.9. The van der Waals surface area contributed by atoms with E-state index in [2.05, 4.69) is 5.16 Å². The number of hydrogen-bond acceptors (Lipinski definition) is 7. The molecule has 0 bridgehead atoms. The highest BCUT2D eigenvalue weighted by atomic mass is 31.2. The molecule has 20 heavy (non-hydrogen) atoms. The van der Waals surface area contributed by atoms with Crippen LogP contribution in [0.15, 0.2) is 5.16 Å². The van der Waals surface area contributed by atoms with Crippen molar-refractivity contribution < 1.29 is 28.7 Å². The minimum atomic E-state index is -3.11. The van der Waals surface area contributed by atoms with Gasteiger partial charge < -0.3 is 24.1 Å². The summed E-state index contributed by atoms with van der Waals surface area (Å²) in [7, 11) is -0.517. The third kappa shape index (κ3) is 9.44. The molecule has 0 fully saturated rings. The van der Waals surface area contributed by atoms with Gasteiger partial charge in [-0.25, -0.2) is 0 Å². The van der Waals surface area contributed by atoms with Gasteiger partial charge in [0.05, 0.1) is 24.6 Å². The number of aliphatic hydroxyl groups excluding tert-OH is 2. The van der Waals surface area contributed by atoms with E-state index in [9.17, 15) is 14.8 Å². The lowest BCUT2D eigenvalue weighted by molar-refractivity contribution is 0.103. The van der Waals surface area contributed by atoms with Crippen LogP contribution in [-0.4, -0.2) is 55.6 Å². The predicted molar refractivity (Wildman–Crippen MR) is 77.1 cm³/mol. The third-order valence-electron chi connectivity index (χ3n) is 2.70.